The van der Waals surface area contributed by atoms with Gasteiger partial charge in [0.15, 0.2) is 6.04 Å². The number of benzene rings is 1. The van der Waals surface area contributed by atoms with E-state index in [0.29, 0.717) is 6.07 Å². The van der Waals surface area contributed by atoms with Gasteiger partial charge in [-0.25, -0.2) is 4.79 Å². The molecule has 1 amide bonds. The summed E-state index contributed by atoms with van der Waals surface area (Å²) >= 11 is 0. The molecule has 1 aromatic rings. The highest BCUT2D eigenvalue weighted by atomic mass is 19.4. The van der Waals surface area contributed by atoms with Crippen LogP contribution in [0.1, 0.15) is 15.9 Å². The van der Waals surface area contributed by atoms with Crippen molar-refractivity contribution in [2.45, 2.75) is 12.2 Å². The van der Waals surface area contributed by atoms with Crippen LogP contribution >= 0.6 is 0 Å². The van der Waals surface area contributed by atoms with Crippen LogP contribution in [-0.2, 0) is 11.0 Å². The van der Waals surface area contributed by atoms with E-state index in [0.717, 1.165) is 12.1 Å². The third kappa shape index (κ3) is 3.68. The number of carbonyl (C=O) groups is 2. The van der Waals surface area contributed by atoms with Crippen LogP contribution in [0.5, 0.6) is 0 Å². The predicted octanol–water partition coefficient (Wildman–Crippen LogP) is 0.881. The molecule has 5 nitrogen and oxygen atoms in total. The molecule has 0 spiro atoms. The van der Waals surface area contributed by atoms with Crippen molar-refractivity contribution in [1.82, 2.24) is 5.32 Å². The first-order valence-corrected chi connectivity index (χ1v) is 5.08. The average Bonchev–Trinajstić information content (AvgIpc) is 2.34. The van der Waals surface area contributed by atoms with E-state index in [-0.39, 0.29) is 0 Å². The Labute approximate surface area is 105 Å². The van der Waals surface area contributed by atoms with Gasteiger partial charge in [-0.3, -0.25) is 4.79 Å². The molecule has 0 unspecified atom stereocenters. The van der Waals surface area contributed by atoms with Crippen LogP contribution in [0.25, 0.3) is 0 Å². The second-order valence-corrected chi connectivity index (χ2v) is 3.59. The molecule has 1 atom stereocenters. The van der Waals surface area contributed by atoms with Gasteiger partial charge in [0.05, 0.1) is 17.7 Å². The first-order chi connectivity index (χ1) is 8.77. The normalized spacial score (nSPS) is 12.8. The van der Waals surface area contributed by atoms with Gasteiger partial charge in [-0.15, -0.1) is 0 Å². The standard InChI is InChI=1S/C11H10F3NO4/c12-11(13,14)7-4-2-1-3-6(7)9(17)15-8(5-16)10(18)19/h1-4,8,16H,5H2,(H,15,17)(H,18,19)/t8-/m1/s1. The minimum absolute atomic E-state index is 0.699. The van der Waals surface area contributed by atoms with Gasteiger partial charge in [0, 0.05) is 0 Å². The largest absolute Gasteiger partial charge is 0.480 e. The Morgan fingerprint density at radius 1 is 1.26 bits per heavy atom. The van der Waals surface area contributed by atoms with Crippen molar-refractivity contribution in [2.75, 3.05) is 6.61 Å². The molecular formula is C11H10F3NO4. The Morgan fingerprint density at radius 2 is 1.84 bits per heavy atom. The van der Waals surface area contributed by atoms with Gasteiger partial charge >= 0.3 is 12.1 Å². The fourth-order valence-electron chi connectivity index (χ4n) is 1.35. The van der Waals surface area contributed by atoms with E-state index < -0.39 is 41.8 Å². The highest BCUT2D eigenvalue weighted by Gasteiger charge is 2.35. The number of hydrogen-bond donors (Lipinski definition) is 3. The minimum Gasteiger partial charge on any atom is -0.480 e. The van der Waals surface area contributed by atoms with E-state index in [9.17, 15) is 22.8 Å². The summed E-state index contributed by atoms with van der Waals surface area (Å²) in [5, 5.41) is 19.1. The number of halogens is 3. The molecule has 0 aliphatic heterocycles. The first-order valence-electron chi connectivity index (χ1n) is 5.08. The van der Waals surface area contributed by atoms with Gasteiger partial charge < -0.3 is 15.5 Å². The second-order valence-electron chi connectivity index (χ2n) is 3.59. The molecule has 0 aromatic heterocycles. The Bertz CT molecular complexity index is 487. The van der Waals surface area contributed by atoms with E-state index >= 15 is 0 Å². The summed E-state index contributed by atoms with van der Waals surface area (Å²) < 4.78 is 37.9. The van der Waals surface area contributed by atoms with Crippen molar-refractivity contribution in [3.8, 4) is 0 Å². The monoisotopic (exact) mass is 277 g/mol. The molecule has 3 N–H and O–H groups in total. The topological polar surface area (TPSA) is 86.6 Å². The lowest BCUT2D eigenvalue weighted by Crippen LogP contribution is -2.43. The zero-order valence-electron chi connectivity index (χ0n) is 9.44. The Balaban J connectivity index is 3.04. The summed E-state index contributed by atoms with van der Waals surface area (Å²) in [6.45, 7) is -0.921. The number of carboxylic acid groups (broad SMARTS) is 1. The average molecular weight is 277 g/mol. The SMILES string of the molecule is O=C(N[C@H](CO)C(=O)O)c1ccccc1C(F)(F)F. The van der Waals surface area contributed by atoms with Gasteiger partial charge in [-0.05, 0) is 12.1 Å². The Morgan fingerprint density at radius 3 is 2.32 bits per heavy atom. The number of rotatable bonds is 4. The molecule has 8 heteroatoms. The second kappa shape index (κ2) is 5.70. The van der Waals surface area contributed by atoms with Crippen molar-refractivity contribution in [3.63, 3.8) is 0 Å². The number of carbonyl (C=O) groups excluding carboxylic acids is 1. The third-order valence-electron chi connectivity index (χ3n) is 2.26. The molecule has 0 heterocycles. The highest BCUT2D eigenvalue weighted by molar-refractivity contribution is 5.98. The fraction of sp³-hybridized carbons (Fsp3) is 0.273. The summed E-state index contributed by atoms with van der Waals surface area (Å²) in [6, 6.07) is 2.31. The van der Waals surface area contributed by atoms with Crippen LogP contribution in [-0.4, -0.2) is 34.7 Å². The number of hydrogen-bond acceptors (Lipinski definition) is 3. The third-order valence-corrected chi connectivity index (χ3v) is 2.26. The molecule has 0 radical (unpaired) electrons. The Hall–Kier alpha value is -2.09. The van der Waals surface area contributed by atoms with Gasteiger partial charge in [-0.1, -0.05) is 12.1 Å². The molecule has 19 heavy (non-hydrogen) atoms. The zero-order valence-corrected chi connectivity index (χ0v) is 9.44. The summed E-state index contributed by atoms with van der Waals surface area (Å²) in [5.74, 6) is -2.75. The van der Waals surface area contributed by atoms with Gasteiger partial charge in [0.1, 0.15) is 0 Å². The van der Waals surface area contributed by atoms with Crippen LogP contribution in [0, 0.1) is 0 Å². The summed E-state index contributed by atoms with van der Waals surface area (Å²) in [7, 11) is 0. The quantitative estimate of drug-likeness (QED) is 0.762. The molecule has 0 bridgehead atoms. The van der Waals surface area contributed by atoms with Gasteiger partial charge in [0.2, 0.25) is 0 Å². The number of nitrogens with one attached hydrogen (secondary N) is 1. The van der Waals surface area contributed by atoms with Crippen molar-refractivity contribution in [2.24, 2.45) is 0 Å². The summed E-state index contributed by atoms with van der Waals surface area (Å²) in [6.07, 6.45) is -4.73. The van der Waals surface area contributed by atoms with E-state index in [1.54, 1.807) is 5.32 Å². The number of carboxylic acids is 1. The lowest BCUT2D eigenvalue weighted by atomic mass is 10.1. The zero-order chi connectivity index (χ0) is 14.6. The van der Waals surface area contributed by atoms with E-state index in [1.807, 2.05) is 0 Å². The number of aliphatic carboxylic acids is 1. The smallest absolute Gasteiger partial charge is 0.417 e. The minimum atomic E-state index is -4.73. The van der Waals surface area contributed by atoms with Gasteiger partial charge in [0.25, 0.3) is 5.91 Å². The highest BCUT2D eigenvalue weighted by Crippen LogP contribution is 2.31. The molecule has 0 aliphatic carbocycles. The molecular weight excluding hydrogens is 267 g/mol. The van der Waals surface area contributed by atoms with E-state index in [4.69, 9.17) is 10.2 Å². The molecule has 0 aliphatic rings. The number of aliphatic hydroxyl groups is 1. The molecule has 104 valence electrons. The van der Waals surface area contributed by atoms with Crippen LogP contribution < -0.4 is 5.32 Å². The Kier molecular flexibility index (Phi) is 4.49. The van der Waals surface area contributed by atoms with Crippen LogP contribution in [0.2, 0.25) is 0 Å². The lowest BCUT2D eigenvalue weighted by molar-refractivity contribution is -0.140. The van der Waals surface area contributed by atoms with Crippen molar-refractivity contribution in [3.05, 3.63) is 35.4 Å². The molecule has 0 saturated carbocycles. The molecule has 0 fully saturated rings. The number of amides is 1. The molecule has 1 rings (SSSR count). The maximum Gasteiger partial charge on any atom is 0.417 e. The lowest BCUT2D eigenvalue weighted by Gasteiger charge is -2.15. The van der Waals surface area contributed by atoms with Crippen LogP contribution in [0.15, 0.2) is 24.3 Å². The fourth-order valence-corrected chi connectivity index (χ4v) is 1.35. The van der Waals surface area contributed by atoms with Crippen molar-refractivity contribution in [1.29, 1.82) is 0 Å². The molecule has 1 aromatic carbocycles. The van der Waals surface area contributed by atoms with Gasteiger partial charge in [-0.2, -0.15) is 13.2 Å². The van der Waals surface area contributed by atoms with Crippen molar-refractivity contribution < 1.29 is 33.0 Å². The van der Waals surface area contributed by atoms with Crippen LogP contribution in [0.3, 0.4) is 0 Å². The number of alkyl halides is 3. The predicted molar refractivity (Wildman–Crippen MR) is 57.4 cm³/mol. The first kappa shape index (κ1) is 15.0. The molecule has 0 saturated heterocycles. The summed E-state index contributed by atoms with van der Waals surface area (Å²) in [4.78, 5) is 22.2. The van der Waals surface area contributed by atoms with Crippen molar-refractivity contribution >= 4 is 11.9 Å². The van der Waals surface area contributed by atoms with E-state index in [1.165, 1.54) is 6.07 Å². The maximum atomic E-state index is 12.6. The van der Waals surface area contributed by atoms with E-state index in [2.05, 4.69) is 0 Å². The number of aliphatic hydroxyl groups excluding tert-OH is 1. The summed E-state index contributed by atoms with van der Waals surface area (Å²) in [5.41, 5.74) is -1.87. The maximum absolute atomic E-state index is 12.6. The van der Waals surface area contributed by atoms with Crippen LogP contribution in [0.4, 0.5) is 13.2 Å².